The number of nitrogens with zero attached hydrogens (tertiary/aromatic N) is 2. The average Bonchev–Trinajstić information content (AvgIpc) is 2.89. The Balaban J connectivity index is 2.03. The summed E-state index contributed by atoms with van der Waals surface area (Å²) in [5.41, 5.74) is 0.998. The summed E-state index contributed by atoms with van der Waals surface area (Å²) in [6.07, 6.45) is 0. The van der Waals surface area contributed by atoms with Crippen molar-refractivity contribution in [2.75, 3.05) is 5.75 Å². The number of aromatic nitrogens is 2. The van der Waals surface area contributed by atoms with Gasteiger partial charge in [-0.3, -0.25) is 0 Å². The molecule has 19 heavy (non-hydrogen) atoms. The molecule has 2 aromatic heterocycles. The van der Waals surface area contributed by atoms with Crippen LogP contribution < -0.4 is 0 Å². The molecule has 3 aromatic rings. The normalized spacial score (nSPS) is 11.1. The van der Waals surface area contributed by atoms with Crippen LogP contribution in [0.5, 0.6) is 0 Å². The lowest BCUT2D eigenvalue weighted by Gasteiger charge is -2.03. The number of rotatable bonds is 3. The molecular weight excluding hydrogens is 296 g/mol. The van der Waals surface area contributed by atoms with Crippen LogP contribution in [-0.2, 0) is 0 Å². The molecule has 2 heterocycles. The number of thiophene rings is 1. The fourth-order valence-corrected chi connectivity index (χ4v) is 3.53. The minimum absolute atomic E-state index is 0.522. The molecule has 3 rings (SSSR count). The number of benzene rings is 1. The van der Waals surface area contributed by atoms with E-state index in [0.717, 1.165) is 21.5 Å². The van der Waals surface area contributed by atoms with Crippen molar-refractivity contribution in [3.8, 4) is 11.4 Å². The van der Waals surface area contributed by atoms with Crippen molar-refractivity contribution in [2.45, 2.75) is 11.8 Å². The molecule has 0 N–H and O–H groups in total. The summed E-state index contributed by atoms with van der Waals surface area (Å²) in [6.45, 7) is 2.15. The SMILES string of the molecule is CCSc1ccc(-c2nc(Cl)c3ccsc3n2)cc1. The summed E-state index contributed by atoms with van der Waals surface area (Å²) in [5, 5.41) is 3.43. The smallest absolute Gasteiger partial charge is 0.162 e. The largest absolute Gasteiger partial charge is 0.217 e. The summed E-state index contributed by atoms with van der Waals surface area (Å²) in [6, 6.07) is 10.2. The van der Waals surface area contributed by atoms with Crippen LogP contribution in [0.3, 0.4) is 0 Å². The molecule has 0 unspecified atom stereocenters. The van der Waals surface area contributed by atoms with Gasteiger partial charge >= 0.3 is 0 Å². The third-order valence-corrected chi connectivity index (χ3v) is 4.69. The van der Waals surface area contributed by atoms with Crippen molar-refractivity contribution in [3.63, 3.8) is 0 Å². The van der Waals surface area contributed by atoms with Gasteiger partial charge in [0.1, 0.15) is 9.98 Å². The Hall–Kier alpha value is -1.10. The van der Waals surface area contributed by atoms with Crippen LogP contribution in [0.4, 0.5) is 0 Å². The van der Waals surface area contributed by atoms with Gasteiger partial charge in [0.15, 0.2) is 5.82 Å². The van der Waals surface area contributed by atoms with Gasteiger partial charge in [0.2, 0.25) is 0 Å². The second kappa shape index (κ2) is 5.49. The molecule has 0 spiro atoms. The fraction of sp³-hybridized carbons (Fsp3) is 0.143. The molecule has 0 fully saturated rings. The van der Waals surface area contributed by atoms with Gasteiger partial charge in [0, 0.05) is 15.8 Å². The molecule has 0 radical (unpaired) electrons. The van der Waals surface area contributed by atoms with Gasteiger partial charge in [-0.25, -0.2) is 9.97 Å². The van der Waals surface area contributed by atoms with Crippen molar-refractivity contribution < 1.29 is 0 Å². The van der Waals surface area contributed by atoms with E-state index >= 15 is 0 Å². The van der Waals surface area contributed by atoms with Crippen LogP contribution >= 0.6 is 34.7 Å². The van der Waals surface area contributed by atoms with E-state index in [0.29, 0.717) is 11.0 Å². The third kappa shape index (κ3) is 2.61. The lowest BCUT2D eigenvalue weighted by molar-refractivity contribution is 1.23. The monoisotopic (exact) mass is 306 g/mol. The first-order valence-corrected chi connectivity index (χ1v) is 8.16. The molecule has 0 amide bonds. The topological polar surface area (TPSA) is 25.8 Å². The number of hydrogen-bond acceptors (Lipinski definition) is 4. The minimum atomic E-state index is 0.522. The summed E-state index contributed by atoms with van der Waals surface area (Å²) in [4.78, 5) is 11.1. The summed E-state index contributed by atoms with van der Waals surface area (Å²) < 4.78 is 0. The molecule has 0 saturated heterocycles. The van der Waals surface area contributed by atoms with E-state index in [1.807, 2.05) is 35.3 Å². The zero-order valence-electron chi connectivity index (χ0n) is 10.3. The highest BCUT2D eigenvalue weighted by Crippen LogP contribution is 2.29. The van der Waals surface area contributed by atoms with Crippen LogP contribution in [0.25, 0.3) is 21.6 Å². The van der Waals surface area contributed by atoms with E-state index in [-0.39, 0.29) is 0 Å². The molecule has 0 aliphatic carbocycles. The molecule has 0 saturated carbocycles. The van der Waals surface area contributed by atoms with E-state index in [1.165, 1.54) is 4.90 Å². The van der Waals surface area contributed by atoms with Gasteiger partial charge in [-0.05, 0) is 29.3 Å². The molecule has 2 nitrogen and oxygen atoms in total. The molecule has 96 valence electrons. The molecular formula is C14H11ClN2S2. The zero-order chi connectivity index (χ0) is 13.2. The maximum absolute atomic E-state index is 6.19. The maximum Gasteiger partial charge on any atom is 0.162 e. The van der Waals surface area contributed by atoms with Crippen LogP contribution in [0, 0.1) is 0 Å². The van der Waals surface area contributed by atoms with Crippen LogP contribution in [0.1, 0.15) is 6.92 Å². The number of fused-ring (bicyclic) bond motifs is 1. The average molecular weight is 307 g/mol. The Labute approximate surface area is 124 Å². The van der Waals surface area contributed by atoms with Crippen molar-refractivity contribution in [3.05, 3.63) is 40.9 Å². The maximum atomic E-state index is 6.19. The van der Waals surface area contributed by atoms with Crippen LogP contribution in [0.2, 0.25) is 5.15 Å². The van der Waals surface area contributed by atoms with E-state index in [1.54, 1.807) is 11.3 Å². The van der Waals surface area contributed by atoms with Gasteiger partial charge < -0.3 is 0 Å². The van der Waals surface area contributed by atoms with Crippen LogP contribution in [0.15, 0.2) is 40.6 Å². The fourth-order valence-electron chi connectivity index (χ4n) is 1.82. The zero-order valence-corrected chi connectivity index (χ0v) is 12.6. The lowest BCUT2D eigenvalue weighted by atomic mass is 10.2. The van der Waals surface area contributed by atoms with Gasteiger partial charge in [0.05, 0.1) is 0 Å². The molecule has 0 bridgehead atoms. The van der Waals surface area contributed by atoms with Gasteiger partial charge in [-0.2, -0.15) is 0 Å². The number of thioether (sulfide) groups is 1. The Morgan fingerprint density at radius 1 is 1.16 bits per heavy atom. The molecule has 0 atom stereocenters. The predicted molar refractivity (Wildman–Crippen MR) is 84.3 cm³/mol. The second-order valence-corrected chi connectivity index (χ2v) is 6.52. The minimum Gasteiger partial charge on any atom is -0.217 e. The first kappa shape index (κ1) is 12.9. The van der Waals surface area contributed by atoms with E-state index in [4.69, 9.17) is 11.6 Å². The Bertz CT molecular complexity index is 707. The summed E-state index contributed by atoms with van der Waals surface area (Å²) >= 11 is 9.59. The Morgan fingerprint density at radius 2 is 1.95 bits per heavy atom. The molecule has 0 aliphatic heterocycles. The van der Waals surface area contributed by atoms with Crippen molar-refractivity contribution in [1.82, 2.24) is 9.97 Å². The Morgan fingerprint density at radius 3 is 2.68 bits per heavy atom. The van der Waals surface area contributed by atoms with Crippen molar-refractivity contribution >= 4 is 44.9 Å². The molecule has 1 aromatic carbocycles. The number of halogens is 1. The highest BCUT2D eigenvalue weighted by Gasteiger charge is 2.08. The van der Waals surface area contributed by atoms with E-state index in [9.17, 15) is 0 Å². The third-order valence-electron chi connectivity index (χ3n) is 2.70. The van der Waals surface area contributed by atoms with Crippen LogP contribution in [-0.4, -0.2) is 15.7 Å². The van der Waals surface area contributed by atoms with E-state index < -0.39 is 0 Å². The second-order valence-electron chi connectivity index (χ2n) is 3.93. The first-order valence-electron chi connectivity index (χ1n) is 5.92. The molecule has 5 heteroatoms. The Kier molecular flexibility index (Phi) is 3.73. The van der Waals surface area contributed by atoms with Gasteiger partial charge in [0.25, 0.3) is 0 Å². The highest BCUT2D eigenvalue weighted by molar-refractivity contribution is 7.99. The first-order chi connectivity index (χ1) is 9.28. The lowest BCUT2D eigenvalue weighted by Crippen LogP contribution is -1.89. The van der Waals surface area contributed by atoms with Gasteiger partial charge in [-0.1, -0.05) is 30.7 Å². The van der Waals surface area contributed by atoms with Crippen molar-refractivity contribution in [2.24, 2.45) is 0 Å². The summed E-state index contributed by atoms with van der Waals surface area (Å²) in [5.74, 6) is 1.76. The highest BCUT2D eigenvalue weighted by atomic mass is 35.5. The quantitative estimate of drug-likeness (QED) is 0.496. The van der Waals surface area contributed by atoms with Gasteiger partial charge in [-0.15, -0.1) is 23.1 Å². The standard InChI is InChI=1S/C14H11ClN2S2/c1-2-18-10-5-3-9(4-6-10)13-16-12(15)11-7-8-19-14(11)17-13/h3-8H,2H2,1H3. The number of hydrogen-bond donors (Lipinski definition) is 0. The summed E-state index contributed by atoms with van der Waals surface area (Å²) in [7, 11) is 0. The predicted octanol–water partition coefficient (Wildman–Crippen LogP) is 5.12. The van der Waals surface area contributed by atoms with Crippen molar-refractivity contribution in [1.29, 1.82) is 0 Å². The molecule has 0 aliphatic rings. The van der Waals surface area contributed by atoms with E-state index in [2.05, 4.69) is 29.0 Å².